The minimum absolute atomic E-state index is 1.12. The van der Waals surface area contributed by atoms with Gasteiger partial charge in [-0.15, -0.1) is 0 Å². The standard InChI is InChI=1S/C10H8Cl2N2S2Si/c11-17(12,13-7-3-1-5-9(13)15-17)14-8-4-2-6-10(14)16-17/h1-8H. The van der Waals surface area contributed by atoms with E-state index in [9.17, 15) is 0 Å². The normalized spacial score (nSPS) is 28.1. The molecule has 0 amide bonds. The molecule has 0 N–H and O–H groups in total. The van der Waals surface area contributed by atoms with Crippen molar-refractivity contribution in [3.05, 3.63) is 48.8 Å². The second-order valence-corrected chi connectivity index (χ2v) is 25.6. The van der Waals surface area contributed by atoms with Gasteiger partial charge in [-0.1, -0.05) is 0 Å². The van der Waals surface area contributed by atoms with E-state index in [1.54, 1.807) is 22.4 Å². The molecule has 1 spiro atoms. The molecule has 0 fully saturated rings. The van der Waals surface area contributed by atoms with Crippen LogP contribution >= 0.6 is 44.6 Å². The zero-order valence-electron chi connectivity index (χ0n) is 8.59. The third kappa shape index (κ3) is 0.966. The summed E-state index contributed by atoms with van der Waals surface area (Å²) in [6, 6.07) is 12.0. The summed E-state index contributed by atoms with van der Waals surface area (Å²) in [5, 5.41) is 2.24. The van der Waals surface area contributed by atoms with Gasteiger partial charge in [-0.05, 0) is 0 Å². The number of aromatic nitrogens is 2. The van der Waals surface area contributed by atoms with Crippen molar-refractivity contribution in [2.75, 3.05) is 0 Å². The number of pyridine rings is 2. The Morgan fingerprint density at radius 1 is 0.824 bits per heavy atom. The van der Waals surface area contributed by atoms with Gasteiger partial charge in [0, 0.05) is 0 Å². The van der Waals surface area contributed by atoms with E-state index in [1.807, 2.05) is 48.8 Å². The van der Waals surface area contributed by atoms with Gasteiger partial charge >= 0.3 is 116 Å². The van der Waals surface area contributed by atoms with Crippen LogP contribution in [0, 0.1) is 0 Å². The van der Waals surface area contributed by atoms with Crippen molar-refractivity contribution in [2.45, 2.75) is 10.1 Å². The van der Waals surface area contributed by atoms with Crippen molar-refractivity contribution in [2.24, 2.45) is 0 Å². The molecule has 4 rings (SSSR count). The van der Waals surface area contributed by atoms with E-state index in [2.05, 4.69) is 8.47 Å². The first-order chi connectivity index (χ1) is 7.98. The molecule has 0 atom stereocenters. The first-order valence-electron chi connectivity index (χ1n) is 5.18. The maximum absolute atomic E-state index is 7.02. The Morgan fingerprint density at radius 3 is 1.71 bits per heavy atom. The molecule has 0 saturated carbocycles. The van der Waals surface area contributed by atoms with E-state index in [0.717, 1.165) is 10.1 Å². The first kappa shape index (κ1) is 10.7. The molecule has 2 aromatic rings. The van der Waals surface area contributed by atoms with Crippen molar-refractivity contribution in [1.82, 2.24) is 0 Å². The van der Waals surface area contributed by atoms with Crippen LogP contribution in [0.2, 0.25) is 0 Å². The molecular weight excluding hydrogens is 311 g/mol. The predicted octanol–water partition coefficient (Wildman–Crippen LogP) is 2.68. The van der Waals surface area contributed by atoms with Crippen molar-refractivity contribution in [3.8, 4) is 0 Å². The van der Waals surface area contributed by atoms with Gasteiger partial charge in [0.25, 0.3) is 0 Å². The molecule has 7 heteroatoms. The van der Waals surface area contributed by atoms with Gasteiger partial charge in [0.2, 0.25) is 0 Å². The summed E-state index contributed by atoms with van der Waals surface area (Å²) in [6.07, 6.45) is 3.96. The molecule has 2 aromatic heterocycles. The van der Waals surface area contributed by atoms with Crippen LogP contribution in [0.15, 0.2) is 58.8 Å². The van der Waals surface area contributed by atoms with Crippen LogP contribution in [-0.2, 0) is 0 Å². The number of fused-ring (bicyclic) bond motifs is 4. The van der Waals surface area contributed by atoms with Crippen LogP contribution in [0.25, 0.3) is 0 Å². The second kappa shape index (κ2) is 2.55. The molecule has 2 nitrogen and oxygen atoms in total. The topological polar surface area (TPSA) is 7.76 Å². The van der Waals surface area contributed by atoms with Gasteiger partial charge in [-0.25, -0.2) is 0 Å². The fraction of sp³-hybridized carbons (Fsp3) is 0. The second-order valence-electron chi connectivity index (χ2n) is 4.29. The summed E-state index contributed by atoms with van der Waals surface area (Å²) in [6.45, 7) is 0. The summed E-state index contributed by atoms with van der Waals surface area (Å²) >= 11 is 17.3. The van der Waals surface area contributed by atoms with Crippen LogP contribution in [0.4, 0.5) is 0 Å². The summed E-state index contributed by atoms with van der Waals surface area (Å²) in [5.74, 6) is 0. The summed E-state index contributed by atoms with van der Waals surface area (Å²) in [4.78, 5) is 0. The van der Waals surface area contributed by atoms with Crippen molar-refractivity contribution < 1.29 is 8.47 Å². The molecule has 0 bridgehead atoms. The Morgan fingerprint density at radius 2 is 1.29 bits per heavy atom. The van der Waals surface area contributed by atoms with E-state index >= 15 is 0 Å². The predicted molar refractivity (Wildman–Crippen MR) is 73.2 cm³/mol. The van der Waals surface area contributed by atoms with Crippen LogP contribution < -0.4 is 8.47 Å². The van der Waals surface area contributed by atoms with Crippen molar-refractivity contribution >= 4 is 48.5 Å². The molecule has 2 aliphatic rings. The Balaban J connectivity index is 2.10. The van der Waals surface area contributed by atoms with Gasteiger partial charge < -0.3 is 0 Å². The third-order valence-electron chi connectivity index (χ3n) is 3.25. The van der Waals surface area contributed by atoms with E-state index in [4.69, 9.17) is 22.2 Å². The zero-order chi connectivity index (χ0) is 11.8. The molecule has 0 aliphatic carbocycles. The third-order valence-corrected chi connectivity index (χ3v) is 20.8. The van der Waals surface area contributed by atoms with Gasteiger partial charge in [-0.3, -0.25) is 0 Å². The van der Waals surface area contributed by atoms with E-state index in [0.29, 0.717) is 0 Å². The molecule has 0 saturated heterocycles. The number of hydrogen-bond donors (Lipinski definition) is 0. The maximum atomic E-state index is 7.02. The van der Waals surface area contributed by atoms with Crippen molar-refractivity contribution in [3.63, 3.8) is 0 Å². The van der Waals surface area contributed by atoms with Crippen LogP contribution in [-0.4, -0.2) is 3.87 Å². The first-order valence-corrected chi connectivity index (χ1v) is 13.2. The fourth-order valence-corrected chi connectivity index (χ4v) is 21.1. The van der Waals surface area contributed by atoms with E-state index < -0.39 is 3.87 Å². The molecule has 4 heterocycles. The fourth-order valence-electron chi connectivity index (χ4n) is 2.45. The number of rotatable bonds is 0. The summed E-state index contributed by atoms with van der Waals surface area (Å²) in [7, 11) is 0. The van der Waals surface area contributed by atoms with E-state index in [1.165, 1.54) is 0 Å². The van der Waals surface area contributed by atoms with Crippen LogP contribution in [0.5, 0.6) is 0 Å². The quantitative estimate of drug-likeness (QED) is 0.545. The molecule has 0 unspecified atom stereocenters. The zero-order valence-corrected chi connectivity index (χ0v) is 12.7. The average Bonchev–Trinajstić information content (AvgIpc) is 2.28. The Labute approximate surface area is 115 Å². The van der Waals surface area contributed by atoms with Gasteiger partial charge in [0.15, 0.2) is 0 Å². The summed E-state index contributed by atoms with van der Waals surface area (Å²) in [5.41, 5.74) is 0. The Bertz CT molecular complexity index is 645. The van der Waals surface area contributed by atoms with Crippen LogP contribution in [0.1, 0.15) is 0 Å². The van der Waals surface area contributed by atoms with Gasteiger partial charge in [0.05, 0.1) is 0 Å². The molecule has 0 aromatic carbocycles. The molecule has 88 valence electrons. The minimum atomic E-state index is -3.93. The SMILES string of the molecule is Cl[Si-2]12(Cl)(Sc3cccc[n+]31)Sc1cccc[n+]12. The van der Waals surface area contributed by atoms with Gasteiger partial charge in [0.1, 0.15) is 0 Å². The van der Waals surface area contributed by atoms with Crippen molar-refractivity contribution in [1.29, 1.82) is 0 Å². The monoisotopic (exact) mass is 318 g/mol. The molecule has 0 radical (unpaired) electrons. The molecular formula is C10H8Cl2N2S2Si. The Hall–Kier alpha value is -0.203. The molecule has 17 heavy (non-hydrogen) atoms. The Kier molecular flexibility index (Phi) is 1.61. The number of nitrogens with zero attached hydrogens (tertiary/aromatic N) is 2. The average molecular weight is 319 g/mol. The van der Waals surface area contributed by atoms with Crippen LogP contribution in [0.3, 0.4) is 0 Å². The molecule has 2 aliphatic heterocycles. The van der Waals surface area contributed by atoms with Gasteiger partial charge in [-0.2, -0.15) is 0 Å². The van der Waals surface area contributed by atoms with E-state index in [-0.39, 0.29) is 0 Å². The summed E-state index contributed by atoms with van der Waals surface area (Å²) < 4.78 is 0.182. The number of hydrogen-bond acceptors (Lipinski definition) is 2. The number of halogens is 2.